The van der Waals surface area contributed by atoms with Crippen LogP contribution in [0.1, 0.15) is 23.7 Å². The number of aliphatic hydroxyl groups excluding tert-OH is 1. The molecule has 0 bridgehead atoms. The standard InChI is InChI=1S/C11H14O2/c1-9(7-8-12)11(13)10-5-3-2-4-6-10/h2-6,9,12H,7-8H2,1H3/t9-/m1/s1. The largest absolute Gasteiger partial charge is 0.396 e. The summed E-state index contributed by atoms with van der Waals surface area (Å²) in [6, 6.07) is 9.18. The van der Waals surface area contributed by atoms with Crippen LogP contribution in [0.15, 0.2) is 30.3 Å². The van der Waals surface area contributed by atoms with Crippen molar-refractivity contribution in [3.63, 3.8) is 0 Å². The molecule has 0 unspecified atom stereocenters. The third-order valence-electron chi connectivity index (χ3n) is 2.07. The number of benzene rings is 1. The van der Waals surface area contributed by atoms with Gasteiger partial charge in [-0.15, -0.1) is 0 Å². The highest BCUT2D eigenvalue weighted by atomic mass is 16.3. The molecule has 0 amide bonds. The van der Waals surface area contributed by atoms with Gasteiger partial charge in [0.25, 0.3) is 0 Å². The van der Waals surface area contributed by atoms with Crippen LogP contribution in [0.3, 0.4) is 0 Å². The Bertz CT molecular complexity index is 267. The van der Waals surface area contributed by atoms with E-state index in [0.29, 0.717) is 6.42 Å². The SMILES string of the molecule is C[C@H](CCO)C(=O)c1ccccc1. The summed E-state index contributed by atoms with van der Waals surface area (Å²) in [5.41, 5.74) is 0.725. The van der Waals surface area contributed by atoms with E-state index in [0.717, 1.165) is 5.56 Å². The molecule has 0 saturated carbocycles. The molecule has 0 saturated heterocycles. The summed E-state index contributed by atoms with van der Waals surface area (Å²) < 4.78 is 0. The third-order valence-corrected chi connectivity index (χ3v) is 2.07. The number of ketones is 1. The molecule has 1 rings (SSSR count). The maximum atomic E-state index is 11.6. The molecule has 2 nitrogen and oxygen atoms in total. The molecule has 1 N–H and O–H groups in total. The van der Waals surface area contributed by atoms with E-state index in [-0.39, 0.29) is 18.3 Å². The normalized spacial score (nSPS) is 12.5. The molecule has 0 aliphatic rings. The molecule has 0 aliphatic heterocycles. The van der Waals surface area contributed by atoms with Crippen molar-refractivity contribution in [2.75, 3.05) is 6.61 Å². The lowest BCUT2D eigenvalue weighted by Crippen LogP contribution is -2.12. The highest BCUT2D eigenvalue weighted by molar-refractivity contribution is 5.97. The number of aliphatic hydroxyl groups is 1. The topological polar surface area (TPSA) is 37.3 Å². The zero-order valence-electron chi connectivity index (χ0n) is 7.73. The monoisotopic (exact) mass is 178 g/mol. The fourth-order valence-corrected chi connectivity index (χ4v) is 1.21. The zero-order valence-corrected chi connectivity index (χ0v) is 7.73. The Hall–Kier alpha value is -1.15. The van der Waals surface area contributed by atoms with Gasteiger partial charge in [-0.05, 0) is 6.42 Å². The summed E-state index contributed by atoms with van der Waals surface area (Å²) in [5.74, 6) is 0.0158. The molecule has 0 fully saturated rings. The Morgan fingerprint density at radius 2 is 2.00 bits per heavy atom. The second kappa shape index (κ2) is 4.77. The number of rotatable bonds is 4. The van der Waals surface area contributed by atoms with Crippen molar-refractivity contribution in [1.82, 2.24) is 0 Å². The maximum absolute atomic E-state index is 11.6. The van der Waals surface area contributed by atoms with Crippen molar-refractivity contribution < 1.29 is 9.90 Å². The predicted octanol–water partition coefficient (Wildman–Crippen LogP) is 1.89. The average molecular weight is 178 g/mol. The third kappa shape index (κ3) is 2.67. The zero-order chi connectivity index (χ0) is 9.68. The molecule has 13 heavy (non-hydrogen) atoms. The minimum absolute atomic E-state index is 0.0692. The number of carbonyl (C=O) groups is 1. The van der Waals surface area contributed by atoms with Gasteiger partial charge in [-0.1, -0.05) is 37.3 Å². The second-order valence-corrected chi connectivity index (χ2v) is 3.14. The first-order valence-electron chi connectivity index (χ1n) is 4.46. The van der Waals surface area contributed by atoms with Crippen molar-refractivity contribution >= 4 is 5.78 Å². The minimum Gasteiger partial charge on any atom is -0.396 e. The summed E-state index contributed by atoms with van der Waals surface area (Å²) in [6.45, 7) is 1.91. The molecule has 0 spiro atoms. The second-order valence-electron chi connectivity index (χ2n) is 3.14. The Morgan fingerprint density at radius 3 is 2.54 bits per heavy atom. The van der Waals surface area contributed by atoms with Crippen LogP contribution in [0.25, 0.3) is 0 Å². The Labute approximate surface area is 78.2 Å². The van der Waals surface area contributed by atoms with Gasteiger partial charge < -0.3 is 5.11 Å². The lowest BCUT2D eigenvalue weighted by Gasteiger charge is -2.07. The van der Waals surface area contributed by atoms with E-state index in [9.17, 15) is 4.79 Å². The van der Waals surface area contributed by atoms with Gasteiger partial charge >= 0.3 is 0 Å². The van der Waals surface area contributed by atoms with Gasteiger partial charge in [-0.2, -0.15) is 0 Å². The summed E-state index contributed by atoms with van der Waals surface area (Å²) in [6.07, 6.45) is 0.535. The average Bonchev–Trinajstić information content (AvgIpc) is 2.18. The lowest BCUT2D eigenvalue weighted by molar-refractivity contribution is 0.0908. The summed E-state index contributed by atoms with van der Waals surface area (Å²) in [5, 5.41) is 8.68. The van der Waals surface area contributed by atoms with Gasteiger partial charge in [0.1, 0.15) is 0 Å². The smallest absolute Gasteiger partial charge is 0.165 e. The summed E-state index contributed by atoms with van der Waals surface area (Å²) >= 11 is 0. The Kier molecular flexibility index (Phi) is 3.65. The van der Waals surface area contributed by atoms with E-state index in [1.54, 1.807) is 12.1 Å². The highest BCUT2D eigenvalue weighted by Crippen LogP contribution is 2.10. The molecule has 0 radical (unpaired) electrons. The van der Waals surface area contributed by atoms with Crippen LogP contribution in [-0.2, 0) is 0 Å². The van der Waals surface area contributed by atoms with E-state index in [1.807, 2.05) is 25.1 Å². The summed E-state index contributed by atoms with van der Waals surface area (Å²) in [7, 11) is 0. The van der Waals surface area contributed by atoms with Crippen molar-refractivity contribution in [2.45, 2.75) is 13.3 Å². The van der Waals surface area contributed by atoms with Gasteiger partial charge in [0.2, 0.25) is 0 Å². The first-order chi connectivity index (χ1) is 6.25. The van der Waals surface area contributed by atoms with Crippen LogP contribution >= 0.6 is 0 Å². The van der Waals surface area contributed by atoms with E-state index >= 15 is 0 Å². The van der Waals surface area contributed by atoms with Gasteiger partial charge in [0.05, 0.1) is 0 Å². The molecule has 1 aromatic rings. The first kappa shape index (κ1) is 9.93. The Morgan fingerprint density at radius 1 is 1.38 bits per heavy atom. The maximum Gasteiger partial charge on any atom is 0.165 e. The first-order valence-corrected chi connectivity index (χ1v) is 4.46. The van der Waals surface area contributed by atoms with E-state index in [4.69, 9.17) is 5.11 Å². The molecular formula is C11H14O2. The molecule has 0 aromatic heterocycles. The van der Waals surface area contributed by atoms with Gasteiger partial charge in [0.15, 0.2) is 5.78 Å². The van der Waals surface area contributed by atoms with Crippen molar-refractivity contribution in [2.24, 2.45) is 5.92 Å². The van der Waals surface area contributed by atoms with Crippen molar-refractivity contribution in [3.05, 3.63) is 35.9 Å². The summed E-state index contributed by atoms with van der Waals surface area (Å²) in [4.78, 5) is 11.6. The molecule has 2 heteroatoms. The van der Waals surface area contributed by atoms with E-state index in [1.165, 1.54) is 0 Å². The van der Waals surface area contributed by atoms with Gasteiger partial charge in [-0.3, -0.25) is 4.79 Å². The highest BCUT2D eigenvalue weighted by Gasteiger charge is 2.13. The Balaban J connectivity index is 2.68. The predicted molar refractivity (Wildman–Crippen MR) is 51.6 cm³/mol. The van der Waals surface area contributed by atoms with Crippen LogP contribution < -0.4 is 0 Å². The molecule has 0 heterocycles. The molecule has 0 aliphatic carbocycles. The lowest BCUT2D eigenvalue weighted by atomic mass is 9.97. The number of hydrogen-bond acceptors (Lipinski definition) is 2. The van der Waals surface area contributed by atoms with Crippen LogP contribution in [0.2, 0.25) is 0 Å². The molecule has 1 aromatic carbocycles. The molecule has 70 valence electrons. The van der Waals surface area contributed by atoms with Gasteiger partial charge in [-0.25, -0.2) is 0 Å². The van der Waals surface area contributed by atoms with E-state index < -0.39 is 0 Å². The quantitative estimate of drug-likeness (QED) is 0.715. The van der Waals surface area contributed by atoms with Gasteiger partial charge in [0, 0.05) is 18.1 Å². The van der Waals surface area contributed by atoms with Crippen molar-refractivity contribution in [3.8, 4) is 0 Å². The molecular weight excluding hydrogens is 164 g/mol. The fraction of sp³-hybridized carbons (Fsp3) is 0.364. The fourth-order valence-electron chi connectivity index (χ4n) is 1.21. The van der Waals surface area contributed by atoms with Crippen LogP contribution in [-0.4, -0.2) is 17.5 Å². The van der Waals surface area contributed by atoms with Crippen LogP contribution in [0.5, 0.6) is 0 Å². The van der Waals surface area contributed by atoms with Crippen molar-refractivity contribution in [1.29, 1.82) is 0 Å². The minimum atomic E-state index is -0.0904. The molecule has 1 atom stereocenters. The van der Waals surface area contributed by atoms with Crippen LogP contribution in [0.4, 0.5) is 0 Å². The number of hydrogen-bond donors (Lipinski definition) is 1. The number of carbonyl (C=O) groups excluding carboxylic acids is 1. The van der Waals surface area contributed by atoms with Crippen LogP contribution in [0, 0.1) is 5.92 Å². The van der Waals surface area contributed by atoms with E-state index in [2.05, 4.69) is 0 Å². The number of Topliss-reactive ketones (excluding diaryl/α,β-unsaturated/α-hetero) is 1.